The number of hydrogen-bond donors (Lipinski definition) is 1. The summed E-state index contributed by atoms with van der Waals surface area (Å²) in [7, 11) is 1.38. The van der Waals surface area contributed by atoms with E-state index in [-0.39, 0.29) is 5.97 Å². The third-order valence-corrected chi connectivity index (χ3v) is 4.10. The molecule has 1 aliphatic rings. The number of carbonyl (C=O) groups excluding carboxylic acids is 1. The average Bonchev–Trinajstić information content (AvgIpc) is 2.74. The lowest BCUT2D eigenvalue weighted by Gasteiger charge is -2.27. The van der Waals surface area contributed by atoms with E-state index in [4.69, 9.17) is 10.5 Å². The van der Waals surface area contributed by atoms with E-state index >= 15 is 0 Å². The Bertz CT molecular complexity index is 485. The van der Waals surface area contributed by atoms with Crippen LogP contribution in [0.4, 0.5) is 5.69 Å². The van der Waals surface area contributed by atoms with Crippen molar-refractivity contribution in [3.63, 3.8) is 0 Å². The highest BCUT2D eigenvalue weighted by atomic mass is 16.5. The van der Waals surface area contributed by atoms with E-state index in [9.17, 15) is 4.79 Å². The summed E-state index contributed by atoms with van der Waals surface area (Å²) in [5, 5.41) is 0. The summed E-state index contributed by atoms with van der Waals surface area (Å²) in [6, 6.07) is 9.03. The monoisotopic (exact) mass is 276 g/mol. The van der Waals surface area contributed by atoms with E-state index in [1.165, 1.54) is 18.4 Å². The fourth-order valence-electron chi connectivity index (χ4n) is 2.92. The van der Waals surface area contributed by atoms with Crippen molar-refractivity contribution in [2.75, 3.05) is 18.6 Å². The van der Waals surface area contributed by atoms with Crippen molar-refractivity contribution in [3.05, 3.63) is 29.8 Å². The third kappa shape index (κ3) is 2.96. The Kier molecular flexibility index (Phi) is 4.33. The van der Waals surface area contributed by atoms with Gasteiger partial charge >= 0.3 is 5.97 Å². The van der Waals surface area contributed by atoms with Crippen LogP contribution in [-0.4, -0.2) is 31.2 Å². The topological polar surface area (TPSA) is 55.6 Å². The van der Waals surface area contributed by atoms with Gasteiger partial charge in [-0.15, -0.1) is 0 Å². The molecule has 110 valence electrons. The van der Waals surface area contributed by atoms with E-state index in [0.717, 1.165) is 19.4 Å². The molecular weight excluding hydrogens is 252 g/mol. The molecule has 2 atom stereocenters. The van der Waals surface area contributed by atoms with Crippen molar-refractivity contribution in [2.45, 2.75) is 44.7 Å². The van der Waals surface area contributed by atoms with Gasteiger partial charge in [0.1, 0.15) is 5.54 Å². The molecular formula is C16H24N2O2. The molecule has 0 saturated carbocycles. The van der Waals surface area contributed by atoms with Gasteiger partial charge in [0.2, 0.25) is 0 Å². The number of rotatable bonds is 5. The van der Waals surface area contributed by atoms with Crippen LogP contribution in [0.5, 0.6) is 0 Å². The number of esters is 1. The molecule has 0 saturated heterocycles. The number of ether oxygens (including phenoxy) is 1. The predicted octanol–water partition coefficient (Wildman–Crippen LogP) is 2.11. The smallest absolute Gasteiger partial charge is 0.325 e. The van der Waals surface area contributed by atoms with Crippen molar-refractivity contribution in [1.29, 1.82) is 0 Å². The number of para-hydroxylation sites is 1. The fourth-order valence-corrected chi connectivity index (χ4v) is 2.92. The SMILES string of the molecule is COC(=O)C(C)(N)CCCN1c2ccccc2CC1C. The Morgan fingerprint density at radius 2 is 2.20 bits per heavy atom. The minimum Gasteiger partial charge on any atom is -0.468 e. The van der Waals surface area contributed by atoms with Gasteiger partial charge in [-0.3, -0.25) is 4.79 Å². The molecule has 0 fully saturated rings. The molecule has 1 aliphatic heterocycles. The number of carbonyl (C=O) groups is 1. The van der Waals surface area contributed by atoms with Crippen LogP contribution >= 0.6 is 0 Å². The second kappa shape index (κ2) is 5.83. The number of nitrogens with two attached hydrogens (primary N) is 1. The Morgan fingerprint density at radius 3 is 2.90 bits per heavy atom. The minimum absolute atomic E-state index is 0.340. The second-order valence-electron chi connectivity index (χ2n) is 5.89. The van der Waals surface area contributed by atoms with E-state index < -0.39 is 5.54 Å². The molecule has 1 aromatic carbocycles. The molecule has 2 rings (SSSR count). The highest BCUT2D eigenvalue weighted by Gasteiger charge is 2.30. The lowest BCUT2D eigenvalue weighted by molar-refractivity contribution is -0.146. The van der Waals surface area contributed by atoms with Gasteiger partial charge < -0.3 is 15.4 Å². The Morgan fingerprint density at radius 1 is 1.50 bits per heavy atom. The van der Waals surface area contributed by atoms with E-state index in [2.05, 4.69) is 36.1 Å². The van der Waals surface area contributed by atoms with Crippen molar-refractivity contribution in [3.8, 4) is 0 Å². The molecule has 4 heteroatoms. The summed E-state index contributed by atoms with van der Waals surface area (Å²) < 4.78 is 4.74. The van der Waals surface area contributed by atoms with Crippen LogP contribution in [0.15, 0.2) is 24.3 Å². The zero-order valence-corrected chi connectivity index (χ0v) is 12.6. The molecule has 0 aliphatic carbocycles. The number of hydrogen-bond acceptors (Lipinski definition) is 4. The summed E-state index contributed by atoms with van der Waals surface area (Å²) in [4.78, 5) is 14.0. The van der Waals surface area contributed by atoms with Gasteiger partial charge in [-0.1, -0.05) is 18.2 Å². The Balaban J connectivity index is 1.94. The van der Waals surface area contributed by atoms with Crippen molar-refractivity contribution in [2.24, 2.45) is 5.73 Å². The molecule has 4 nitrogen and oxygen atoms in total. The van der Waals surface area contributed by atoms with Crippen LogP contribution in [0.2, 0.25) is 0 Å². The van der Waals surface area contributed by atoms with Gasteiger partial charge in [0.05, 0.1) is 7.11 Å². The first kappa shape index (κ1) is 14.9. The third-order valence-electron chi connectivity index (χ3n) is 4.10. The van der Waals surface area contributed by atoms with Crippen molar-refractivity contribution >= 4 is 11.7 Å². The molecule has 1 heterocycles. The molecule has 1 aromatic rings. The lowest BCUT2D eigenvalue weighted by atomic mass is 9.97. The van der Waals surface area contributed by atoms with Gasteiger partial charge in [-0.2, -0.15) is 0 Å². The number of methoxy groups -OCH3 is 1. The van der Waals surface area contributed by atoms with Gasteiger partial charge in [0.15, 0.2) is 0 Å². The zero-order valence-electron chi connectivity index (χ0n) is 12.6. The summed E-state index contributed by atoms with van der Waals surface area (Å²) in [5.41, 5.74) is 7.82. The van der Waals surface area contributed by atoms with Crippen LogP contribution in [0.25, 0.3) is 0 Å². The van der Waals surface area contributed by atoms with Crippen LogP contribution < -0.4 is 10.6 Å². The fraction of sp³-hybridized carbons (Fsp3) is 0.562. The standard InChI is InChI=1S/C16H24N2O2/c1-12-11-13-7-4-5-8-14(13)18(12)10-6-9-16(2,17)15(19)20-3/h4-5,7-8,12H,6,9-11,17H2,1-3H3. The first-order valence-electron chi connectivity index (χ1n) is 7.17. The maximum Gasteiger partial charge on any atom is 0.325 e. The number of anilines is 1. The largest absolute Gasteiger partial charge is 0.468 e. The predicted molar refractivity (Wildman–Crippen MR) is 80.8 cm³/mol. The first-order valence-corrected chi connectivity index (χ1v) is 7.17. The van der Waals surface area contributed by atoms with Gasteiger partial charge in [0.25, 0.3) is 0 Å². The van der Waals surface area contributed by atoms with Crippen LogP contribution in [0.1, 0.15) is 32.3 Å². The molecule has 2 unspecified atom stereocenters. The highest BCUT2D eigenvalue weighted by Crippen LogP contribution is 2.32. The van der Waals surface area contributed by atoms with Crippen molar-refractivity contribution < 1.29 is 9.53 Å². The molecule has 0 bridgehead atoms. The first-order chi connectivity index (χ1) is 9.45. The molecule has 2 N–H and O–H groups in total. The molecule has 20 heavy (non-hydrogen) atoms. The average molecular weight is 276 g/mol. The summed E-state index contributed by atoms with van der Waals surface area (Å²) in [6.07, 6.45) is 2.60. The zero-order chi connectivity index (χ0) is 14.8. The normalized spacial score (nSPS) is 20.4. The van der Waals surface area contributed by atoms with Gasteiger partial charge in [0, 0.05) is 18.3 Å². The minimum atomic E-state index is -0.892. The maximum absolute atomic E-state index is 11.6. The molecule has 0 radical (unpaired) electrons. The number of fused-ring (bicyclic) bond motifs is 1. The summed E-state index contributed by atoms with van der Waals surface area (Å²) >= 11 is 0. The summed E-state index contributed by atoms with van der Waals surface area (Å²) in [6.45, 7) is 4.89. The Hall–Kier alpha value is -1.55. The highest BCUT2D eigenvalue weighted by molar-refractivity contribution is 5.79. The number of nitrogens with zero attached hydrogens (tertiary/aromatic N) is 1. The summed E-state index contributed by atoms with van der Waals surface area (Å²) in [5.74, 6) is -0.340. The van der Waals surface area contributed by atoms with Gasteiger partial charge in [-0.25, -0.2) is 0 Å². The van der Waals surface area contributed by atoms with E-state index in [1.54, 1.807) is 6.92 Å². The Labute approximate surface area is 120 Å². The van der Waals surface area contributed by atoms with Gasteiger partial charge in [-0.05, 0) is 44.7 Å². The number of benzene rings is 1. The second-order valence-corrected chi connectivity index (χ2v) is 5.89. The molecule has 0 amide bonds. The maximum atomic E-state index is 11.6. The van der Waals surface area contributed by atoms with E-state index in [0.29, 0.717) is 12.5 Å². The lowest BCUT2D eigenvalue weighted by Crippen LogP contribution is -2.46. The molecule has 0 spiro atoms. The van der Waals surface area contributed by atoms with E-state index in [1.807, 2.05) is 0 Å². The van der Waals surface area contributed by atoms with Crippen LogP contribution in [0, 0.1) is 0 Å². The van der Waals surface area contributed by atoms with Crippen molar-refractivity contribution in [1.82, 2.24) is 0 Å². The molecule has 0 aromatic heterocycles. The quantitative estimate of drug-likeness (QED) is 0.837. The van der Waals surface area contributed by atoms with Crippen LogP contribution in [0.3, 0.4) is 0 Å². The van der Waals surface area contributed by atoms with Crippen LogP contribution in [-0.2, 0) is 16.0 Å².